The lowest BCUT2D eigenvalue weighted by molar-refractivity contribution is 0.575. The zero-order chi connectivity index (χ0) is 8.53. The Morgan fingerprint density at radius 3 is 2.91 bits per heavy atom. The molecule has 0 aromatic carbocycles. The van der Waals surface area contributed by atoms with E-state index < -0.39 is 0 Å². The summed E-state index contributed by atoms with van der Waals surface area (Å²) in [5.41, 5.74) is 0. The van der Waals surface area contributed by atoms with Gasteiger partial charge in [-0.2, -0.15) is 11.8 Å². The van der Waals surface area contributed by atoms with Gasteiger partial charge in [-0.1, -0.05) is 12.8 Å². The van der Waals surface area contributed by atoms with Gasteiger partial charge < -0.3 is 5.32 Å². The third-order valence-corrected chi connectivity index (χ3v) is 2.38. The molecule has 0 aliphatic rings. The second-order valence-corrected chi connectivity index (χ2v) is 3.87. The largest absolute Gasteiger partial charge is 0.304 e. The molecule has 2 heteroatoms. The molecule has 0 rings (SSSR count). The molecular weight excluding hydrogens is 154 g/mol. The lowest BCUT2D eigenvalue weighted by Gasteiger charge is -2.10. The Balaban J connectivity index is 3.10. The third kappa shape index (κ3) is 7.77. The fourth-order valence-electron chi connectivity index (χ4n) is 0.740. The van der Waals surface area contributed by atoms with Gasteiger partial charge in [0.1, 0.15) is 0 Å². The Kier molecular flexibility index (Phi) is 7.88. The summed E-state index contributed by atoms with van der Waals surface area (Å²) >= 11 is 1.98. The quantitative estimate of drug-likeness (QED) is 0.482. The van der Waals surface area contributed by atoms with E-state index in [-0.39, 0.29) is 0 Å². The minimum Gasteiger partial charge on any atom is -0.304 e. The fraction of sp³-hybridized carbons (Fsp3) is 0.778. The summed E-state index contributed by atoms with van der Waals surface area (Å²) in [5.74, 6) is 5.01. The average Bonchev–Trinajstić information content (AvgIpc) is 2.01. The van der Waals surface area contributed by atoms with E-state index in [4.69, 9.17) is 6.42 Å². The van der Waals surface area contributed by atoms with Crippen molar-refractivity contribution in [2.24, 2.45) is 0 Å². The van der Waals surface area contributed by atoms with Crippen LogP contribution in [0.15, 0.2) is 0 Å². The van der Waals surface area contributed by atoms with Crippen molar-refractivity contribution in [1.29, 1.82) is 0 Å². The van der Waals surface area contributed by atoms with E-state index in [9.17, 15) is 0 Å². The van der Waals surface area contributed by atoms with Crippen molar-refractivity contribution < 1.29 is 0 Å². The minimum absolute atomic E-state index is 0.560. The van der Waals surface area contributed by atoms with Gasteiger partial charge in [0.05, 0.1) is 6.54 Å². The summed E-state index contributed by atoms with van der Waals surface area (Å²) in [6.45, 7) is 5.05. The molecule has 1 unspecified atom stereocenters. The van der Waals surface area contributed by atoms with Crippen molar-refractivity contribution in [3.05, 3.63) is 0 Å². The summed E-state index contributed by atoms with van der Waals surface area (Å²) in [7, 11) is 0. The molecule has 1 atom stereocenters. The Bertz CT molecular complexity index is 117. The molecule has 0 saturated heterocycles. The number of rotatable bonds is 6. The van der Waals surface area contributed by atoms with Crippen LogP contribution >= 0.6 is 11.8 Å². The maximum absolute atomic E-state index is 5.11. The van der Waals surface area contributed by atoms with Crippen LogP contribution < -0.4 is 5.32 Å². The maximum Gasteiger partial charge on any atom is 0.0575 e. The highest BCUT2D eigenvalue weighted by atomic mass is 32.2. The molecule has 1 nitrogen and oxygen atoms in total. The third-order valence-electron chi connectivity index (χ3n) is 1.45. The van der Waals surface area contributed by atoms with Crippen LogP contribution in [0.25, 0.3) is 0 Å². The number of hydrogen-bond acceptors (Lipinski definition) is 2. The Morgan fingerprint density at radius 1 is 1.64 bits per heavy atom. The van der Waals surface area contributed by atoms with E-state index >= 15 is 0 Å². The molecular formula is C9H17NS. The predicted molar refractivity (Wildman–Crippen MR) is 53.9 cm³/mol. The zero-order valence-electron chi connectivity index (χ0n) is 7.39. The number of terminal acetylenes is 1. The van der Waals surface area contributed by atoms with Gasteiger partial charge in [0.15, 0.2) is 0 Å². The van der Waals surface area contributed by atoms with Crippen molar-refractivity contribution in [2.75, 3.05) is 18.1 Å². The van der Waals surface area contributed by atoms with Crippen LogP contribution in [0.1, 0.15) is 20.3 Å². The van der Waals surface area contributed by atoms with Crippen LogP contribution in [0, 0.1) is 12.3 Å². The molecule has 0 heterocycles. The van der Waals surface area contributed by atoms with Gasteiger partial charge in [-0.15, -0.1) is 6.42 Å². The molecule has 64 valence electrons. The van der Waals surface area contributed by atoms with Gasteiger partial charge in [-0.3, -0.25) is 0 Å². The van der Waals surface area contributed by atoms with E-state index in [2.05, 4.69) is 25.1 Å². The smallest absolute Gasteiger partial charge is 0.0575 e. The maximum atomic E-state index is 5.11. The van der Waals surface area contributed by atoms with E-state index in [1.165, 1.54) is 17.9 Å². The van der Waals surface area contributed by atoms with E-state index in [0.29, 0.717) is 12.6 Å². The molecule has 0 bridgehead atoms. The van der Waals surface area contributed by atoms with Crippen LogP contribution in [0.4, 0.5) is 0 Å². The highest BCUT2D eigenvalue weighted by molar-refractivity contribution is 7.99. The summed E-state index contributed by atoms with van der Waals surface area (Å²) in [5, 5.41) is 3.24. The number of thioether (sulfide) groups is 1. The molecule has 1 N–H and O–H groups in total. The van der Waals surface area contributed by atoms with Gasteiger partial charge >= 0.3 is 0 Å². The average molecular weight is 171 g/mol. The van der Waals surface area contributed by atoms with Crippen molar-refractivity contribution in [3.8, 4) is 12.3 Å². The molecule has 0 aliphatic carbocycles. The molecule has 0 fully saturated rings. The van der Waals surface area contributed by atoms with E-state index in [1.54, 1.807) is 0 Å². The van der Waals surface area contributed by atoms with Crippen LogP contribution in [0.3, 0.4) is 0 Å². The standard InChI is InChI=1S/C9H17NS/c1-4-7-10-9(3)6-8-11-5-2/h1,9-10H,5-8H2,2-3H3. The lowest BCUT2D eigenvalue weighted by Crippen LogP contribution is -2.26. The highest BCUT2D eigenvalue weighted by Crippen LogP contribution is 2.03. The fourth-order valence-corrected chi connectivity index (χ4v) is 1.55. The molecule has 0 aliphatic heterocycles. The van der Waals surface area contributed by atoms with Crippen molar-refractivity contribution >= 4 is 11.8 Å². The topological polar surface area (TPSA) is 12.0 Å². The van der Waals surface area contributed by atoms with Crippen LogP contribution in [-0.2, 0) is 0 Å². The van der Waals surface area contributed by atoms with Gasteiger partial charge in [-0.05, 0) is 24.9 Å². The number of hydrogen-bond donors (Lipinski definition) is 1. The van der Waals surface area contributed by atoms with E-state index in [0.717, 1.165) is 0 Å². The van der Waals surface area contributed by atoms with Crippen molar-refractivity contribution in [2.45, 2.75) is 26.3 Å². The SMILES string of the molecule is C#CCNC(C)CCSCC. The Labute approximate surface area is 74.3 Å². The first-order valence-corrected chi connectivity index (χ1v) is 5.21. The monoisotopic (exact) mass is 171 g/mol. The molecule has 11 heavy (non-hydrogen) atoms. The van der Waals surface area contributed by atoms with Crippen LogP contribution in [0.2, 0.25) is 0 Å². The van der Waals surface area contributed by atoms with Gasteiger partial charge in [0.25, 0.3) is 0 Å². The molecule has 0 aromatic heterocycles. The van der Waals surface area contributed by atoms with Crippen molar-refractivity contribution in [3.63, 3.8) is 0 Å². The first-order chi connectivity index (χ1) is 5.31. The van der Waals surface area contributed by atoms with Gasteiger partial charge in [-0.25, -0.2) is 0 Å². The minimum atomic E-state index is 0.560. The first kappa shape index (κ1) is 10.9. The summed E-state index contributed by atoms with van der Waals surface area (Å²) in [4.78, 5) is 0. The lowest BCUT2D eigenvalue weighted by atomic mass is 10.2. The van der Waals surface area contributed by atoms with Crippen LogP contribution in [-0.4, -0.2) is 24.1 Å². The highest BCUT2D eigenvalue weighted by Gasteiger charge is 1.97. The normalized spacial score (nSPS) is 12.5. The molecule has 0 aromatic rings. The summed E-state index contributed by atoms with van der Waals surface area (Å²) in [6.07, 6.45) is 6.32. The summed E-state index contributed by atoms with van der Waals surface area (Å²) < 4.78 is 0. The Morgan fingerprint density at radius 2 is 2.36 bits per heavy atom. The van der Waals surface area contributed by atoms with Gasteiger partial charge in [0.2, 0.25) is 0 Å². The summed E-state index contributed by atoms with van der Waals surface area (Å²) in [6, 6.07) is 0.560. The zero-order valence-corrected chi connectivity index (χ0v) is 8.21. The predicted octanol–water partition coefficient (Wildman–Crippen LogP) is 1.74. The second kappa shape index (κ2) is 7.97. The number of nitrogens with one attached hydrogen (secondary N) is 1. The molecule has 0 spiro atoms. The van der Waals surface area contributed by atoms with Gasteiger partial charge in [0, 0.05) is 6.04 Å². The first-order valence-electron chi connectivity index (χ1n) is 4.05. The molecule has 0 saturated carbocycles. The second-order valence-electron chi connectivity index (χ2n) is 2.47. The Hall–Kier alpha value is -0.130. The van der Waals surface area contributed by atoms with Crippen LogP contribution in [0.5, 0.6) is 0 Å². The van der Waals surface area contributed by atoms with E-state index in [1.807, 2.05) is 11.8 Å². The van der Waals surface area contributed by atoms with Crippen molar-refractivity contribution in [1.82, 2.24) is 5.32 Å². The molecule has 0 radical (unpaired) electrons. The molecule has 0 amide bonds.